The number of benzene rings is 2. The second kappa shape index (κ2) is 6.31. The van der Waals surface area contributed by atoms with E-state index in [9.17, 15) is 9.59 Å². The Morgan fingerprint density at radius 3 is 2.65 bits per heavy atom. The average Bonchev–Trinajstić information content (AvgIpc) is 3.02. The summed E-state index contributed by atoms with van der Waals surface area (Å²) >= 11 is 5.85. The first-order valence-corrected chi connectivity index (χ1v) is 8.44. The van der Waals surface area contributed by atoms with Gasteiger partial charge in [0, 0.05) is 16.8 Å². The van der Waals surface area contributed by atoms with Gasteiger partial charge >= 0.3 is 0 Å². The zero-order valence-corrected chi connectivity index (χ0v) is 14.7. The van der Waals surface area contributed by atoms with Crippen molar-refractivity contribution < 1.29 is 4.79 Å². The number of rotatable bonds is 3. The van der Waals surface area contributed by atoms with Crippen LogP contribution in [0.1, 0.15) is 5.69 Å². The van der Waals surface area contributed by atoms with E-state index in [1.807, 2.05) is 19.1 Å². The number of halogens is 1. The van der Waals surface area contributed by atoms with Crippen LogP contribution in [0.4, 0.5) is 5.69 Å². The van der Waals surface area contributed by atoms with Gasteiger partial charge in [-0.05, 0) is 43.3 Å². The Kier molecular flexibility index (Phi) is 3.97. The summed E-state index contributed by atoms with van der Waals surface area (Å²) in [4.78, 5) is 25.4. The fraction of sp³-hybridized carbons (Fsp3) is 0.105. The van der Waals surface area contributed by atoms with E-state index in [-0.39, 0.29) is 18.0 Å². The molecule has 1 amide bonds. The van der Waals surface area contributed by atoms with Crippen molar-refractivity contribution in [2.75, 3.05) is 5.32 Å². The van der Waals surface area contributed by atoms with Gasteiger partial charge in [0.2, 0.25) is 5.91 Å². The number of aryl methyl sites for hydroxylation is 1. The second-order valence-corrected chi connectivity index (χ2v) is 6.46. The average molecular weight is 367 g/mol. The molecule has 4 rings (SSSR count). The monoisotopic (exact) mass is 366 g/mol. The summed E-state index contributed by atoms with van der Waals surface area (Å²) in [6, 6.07) is 15.8. The van der Waals surface area contributed by atoms with Crippen molar-refractivity contribution in [2.24, 2.45) is 0 Å². The summed E-state index contributed by atoms with van der Waals surface area (Å²) in [5.41, 5.74) is 2.47. The fourth-order valence-corrected chi connectivity index (χ4v) is 3.10. The van der Waals surface area contributed by atoms with Crippen LogP contribution in [0.15, 0.2) is 59.4 Å². The Hall–Kier alpha value is -3.12. The molecule has 130 valence electrons. The van der Waals surface area contributed by atoms with Crippen LogP contribution in [0.3, 0.4) is 0 Å². The van der Waals surface area contributed by atoms with Crippen molar-refractivity contribution in [3.05, 3.63) is 75.7 Å². The number of hydrogen-bond donors (Lipinski definition) is 1. The van der Waals surface area contributed by atoms with Crippen LogP contribution in [0.25, 0.3) is 16.6 Å². The maximum atomic E-state index is 12.9. The lowest BCUT2D eigenvalue weighted by Gasteiger charge is -2.11. The number of nitrogens with one attached hydrogen (secondary N) is 1. The summed E-state index contributed by atoms with van der Waals surface area (Å²) in [6.45, 7) is 1.74. The SMILES string of the molecule is Cc1cc2n(CC(=O)Nc3ccc(Cl)cc3)c(=O)c3ccccc3n2n1. The number of nitrogens with zero attached hydrogens (tertiary/aromatic N) is 3. The summed E-state index contributed by atoms with van der Waals surface area (Å²) in [6.07, 6.45) is 0. The third-order valence-electron chi connectivity index (χ3n) is 4.13. The molecule has 0 unspecified atom stereocenters. The minimum absolute atomic E-state index is 0.110. The molecule has 0 aliphatic carbocycles. The summed E-state index contributed by atoms with van der Waals surface area (Å²) in [5, 5.41) is 8.34. The van der Waals surface area contributed by atoms with Gasteiger partial charge in [0.05, 0.1) is 16.6 Å². The molecule has 0 fully saturated rings. The highest BCUT2D eigenvalue weighted by atomic mass is 35.5. The lowest BCUT2D eigenvalue weighted by molar-refractivity contribution is -0.116. The Balaban J connectivity index is 1.77. The highest BCUT2D eigenvalue weighted by molar-refractivity contribution is 6.30. The number of carbonyl (C=O) groups is 1. The van der Waals surface area contributed by atoms with E-state index in [0.29, 0.717) is 21.7 Å². The normalized spacial score (nSPS) is 11.2. The van der Waals surface area contributed by atoms with E-state index in [2.05, 4.69) is 10.4 Å². The molecule has 4 aromatic rings. The van der Waals surface area contributed by atoms with Gasteiger partial charge in [0.15, 0.2) is 0 Å². The molecule has 0 atom stereocenters. The van der Waals surface area contributed by atoms with Gasteiger partial charge in [-0.1, -0.05) is 23.7 Å². The first-order valence-electron chi connectivity index (χ1n) is 8.06. The molecule has 0 bridgehead atoms. The molecular formula is C19H15ClN4O2. The minimum atomic E-state index is -0.301. The molecule has 26 heavy (non-hydrogen) atoms. The predicted octanol–water partition coefficient (Wildman–Crippen LogP) is 3.25. The number of para-hydroxylation sites is 1. The Bertz CT molecular complexity index is 1190. The van der Waals surface area contributed by atoms with Gasteiger partial charge in [-0.3, -0.25) is 14.2 Å². The second-order valence-electron chi connectivity index (χ2n) is 6.02. The first-order chi connectivity index (χ1) is 12.5. The van der Waals surface area contributed by atoms with Gasteiger partial charge in [-0.15, -0.1) is 0 Å². The van der Waals surface area contributed by atoms with E-state index in [0.717, 1.165) is 11.2 Å². The molecule has 2 aromatic carbocycles. The highest BCUT2D eigenvalue weighted by Crippen LogP contribution is 2.16. The van der Waals surface area contributed by atoms with Crippen molar-refractivity contribution in [1.82, 2.24) is 14.2 Å². The molecule has 1 N–H and O–H groups in total. The molecule has 2 heterocycles. The van der Waals surface area contributed by atoms with Crippen LogP contribution in [0, 0.1) is 6.92 Å². The van der Waals surface area contributed by atoms with E-state index < -0.39 is 0 Å². The molecular weight excluding hydrogens is 352 g/mol. The molecule has 6 nitrogen and oxygen atoms in total. The molecule has 0 saturated carbocycles. The molecule has 0 saturated heterocycles. The number of hydrogen-bond acceptors (Lipinski definition) is 3. The van der Waals surface area contributed by atoms with E-state index >= 15 is 0 Å². The Morgan fingerprint density at radius 1 is 1.15 bits per heavy atom. The van der Waals surface area contributed by atoms with Gasteiger partial charge in [0.25, 0.3) is 5.56 Å². The Morgan fingerprint density at radius 2 is 1.88 bits per heavy atom. The third-order valence-corrected chi connectivity index (χ3v) is 4.38. The quantitative estimate of drug-likeness (QED) is 0.605. The summed E-state index contributed by atoms with van der Waals surface area (Å²) < 4.78 is 3.13. The van der Waals surface area contributed by atoms with Crippen molar-refractivity contribution in [2.45, 2.75) is 13.5 Å². The molecule has 2 aromatic heterocycles. The molecule has 0 aliphatic heterocycles. The number of anilines is 1. The topological polar surface area (TPSA) is 68.4 Å². The maximum Gasteiger partial charge on any atom is 0.262 e. The zero-order chi connectivity index (χ0) is 18.3. The predicted molar refractivity (Wildman–Crippen MR) is 102 cm³/mol. The molecule has 0 radical (unpaired) electrons. The Labute approximate surface area is 153 Å². The van der Waals surface area contributed by atoms with E-state index in [1.165, 1.54) is 4.57 Å². The molecule has 0 aliphatic rings. The molecule has 0 spiro atoms. The standard InChI is InChI=1S/C19H15ClN4O2/c1-12-10-18-23(11-17(25)21-14-8-6-13(20)7-9-14)19(26)15-4-2-3-5-16(15)24(18)22-12/h2-10H,11H2,1H3,(H,21,25). The van der Waals surface area contributed by atoms with Crippen molar-refractivity contribution in [1.29, 1.82) is 0 Å². The maximum absolute atomic E-state index is 12.9. The van der Waals surface area contributed by atoms with Crippen LogP contribution in [-0.2, 0) is 11.3 Å². The lowest BCUT2D eigenvalue weighted by Crippen LogP contribution is -2.29. The fourth-order valence-electron chi connectivity index (χ4n) is 2.97. The van der Waals surface area contributed by atoms with Crippen molar-refractivity contribution >= 4 is 39.7 Å². The number of aromatic nitrogens is 3. The highest BCUT2D eigenvalue weighted by Gasteiger charge is 2.15. The van der Waals surface area contributed by atoms with E-state index in [1.54, 1.807) is 47.0 Å². The first kappa shape index (κ1) is 16.4. The zero-order valence-electron chi connectivity index (χ0n) is 13.9. The van der Waals surface area contributed by atoms with Crippen molar-refractivity contribution in [3.63, 3.8) is 0 Å². The summed E-state index contributed by atoms with van der Waals surface area (Å²) in [7, 11) is 0. The lowest BCUT2D eigenvalue weighted by atomic mass is 10.2. The number of fused-ring (bicyclic) bond motifs is 3. The van der Waals surface area contributed by atoms with E-state index in [4.69, 9.17) is 11.6 Å². The summed E-state index contributed by atoms with van der Waals surface area (Å²) in [5.74, 6) is -0.301. The van der Waals surface area contributed by atoms with Gasteiger partial charge in [-0.25, -0.2) is 4.52 Å². The van der Waals surface area contributed by atoms with Crippen LogP contribution >= 0.6 is 11.6 Å². The van der Waals surface area contributed by atoms with Crippen LogP contribution in [-0.4, -0.2) is 20.1 Å². The van der Waals surface area contributed by atoms with Gasteiger partial charge in [0.1, 0.15) is 12.2 Å². The number of amides is 1. The minimum Gasteiger partial charge on any atom is -0.325 e. The smallest absolute Gasteiger partial charge is 0.262 e. The molecule has 7 heteroatoms. The van der Waals surface area contributed by atoms with Gasteiger partial charge in [-0.2, -0.15) is 5.10 Å². The van der Waals surface area contributed by atoms with Crippen LogP contribution in [0.5, 0.6) is 0 Å². The van der Waals surface area contributed by atoms with Gasteiger partial charge < -0.3 is 5.32 Å². The number of carbonyl (C=O) groups excluding carboxylic acids is 1. The van der Waals surface area contributed by atoms with Crippen LogP contribution < -0.4 is 10.9 Å². The third kappa shape index (κ3) is 2.84. The largest absolute Gasteiger partial charge is 0.325 e. The van der Waals surface area contributed by atoms with Crippen molar-refractivity contribution in [3.8, 4) is 0 Å². The van der Waals surface area contributed by atoms with Crippen LogP contribution in [0.2, 0.25) is 5.02 Å².